The average molecular weight is 331 g/mol. The van der Waals surface area contributed by atoms with E-state index in [9.17, 15) is 14.7 Å². The largest absolute Gasteiger partial charge is 0.481 e. The van der Waals surface area contributed by atoms with E-state index >= 15 is 0 Å². The molecule has 1 aliphatic heterocycles. The number of carbonyl (C=O) groups excluding carboxylic acids is 1. The minimum Gasteiger partial charge on any atom is -0.481 e. The number of hydrogen-bond acceptors (Lipinski definition) is 3. The van der Waals surface area contributed by atoms with E-state index in [1.165, 1.54) is 5.56 Å². The minimum absolute atomic E-state index is 0.0245. The summed E-state index contributed by atoms with van der Waals surface area (Å²) < 4.78 is 5.41. The van der Waals surface area contributed by atoms with Crippen molar-refractivity contribution < 1.29 is 19.4 Å². The lowest BCUT2D eigenvalue weighted by Crippen LogP contribution is -2.49. The Hall–Kier alpha value is -1.88. The lowest BCUT2D eigenvalue weighted by molar-refractivity contribution is -0.142. The fourth-order valence-electron chi connectivity index (χ4n) is 4.27. The molecule has 1 aliphatic carbocycles. The van der Waals surface area contributed by atoms with Crippen LogP contribution in [0.4, 0.5) is 0 Å². The molecule has 1 heterocycles. The Balaban J connectivity index is 1.91. The van der Waals surface area contributed by atoms with Crippen molar-refractivity contribution in [3.05, 3.63) is 35.4 Å². The quantitative estimate of drug-likeness (QED) is 0.920. The molecule has 0 aromatic heterocycles. The van der Waals surface area contributed by atoms with Gasteiger partial charge in [0.1, 0.15) is 0 Å². The van der Waals surface area contributed by atoms with E-state index in [-0.39, 0.29) is 24.5 Å². The average Bonchev–Trinajstić information content (AvgIpc) is 2.96. The molecule has 3 atom stereocenters. The Kier molecular flexibility index (Phi) is 4.63. The van der Waals surface area contributed by atoms with Crippen molar-refractivity contribution in [2.45, 2.75) is 56.6 Å². The standard InChI is InChI=1S/C19H25NO4/c1-19(9-5-7-13-6-3-4-8-16(13)19)18(23)20-12-15(24-2)10-14(20)11-17(21)22/h3-4,6,8,14-15H,5,7,9-12H2,1-2H3,(H,21,22). The molecule has 5 nitrogen and oxygen atoms in total. The molecule has 0 bridgehead atoms. The van der Waals surface area contributed by atoms with Crippen LogP contribution in [0.2, 0.25) is 0 Å². The molecule has 0 spiro atoms. The number of ether oxygens (including phenoxy) is 1. The number of aryl methyl sites for hydroxylation is 1. The first-order valence-electron chi connectivity index (χ1n) is 8.59. The second-order valence-electron chi connectivity index (χ2n) is 7.15. The summed E-state index contributed by atoms with van der Waals surface area (Å²) in [5, 5.41) is 9.19. The van der Waals surface area contributed by atoms with Crippen LogP contribution in [0.25, 0.3) is 0 Å². The highest BCUT2D eigenvalue weighted by atomic mass is 16.5. The molecule has 130 valence electrons. The molecule has 1 amide bonds. The Labute approximate surface area is 142 Å². The highest BCUT2D eigenvalue weighted by molar-refractivity contribution is 5.89. The van der Waals surface area contributed by atoms with Gasteiger partial charge in [-0.15, -0.1) is 0 Å². The highest BCUT2D eigenvalue weighted by Gasteiger charge is 2.46. The Bertz CT molecular complexity index is 644. The summed E-state index contributed by atoms with van der Waals surface area (Å²) in [6.07, 6.45) is 3.26. The van der Waals surface area contributed by atoms with E-state index in [4.69, 9.17) is 4.74 Å². The fourth-order valence-corrected chi connectivity index (χ4v) is 4.27. The summed E-state index contributed by atoms with van der Waals surface area (Å²) in [7, 11) is 1.62. The number of rotatable bonds is 4. The predicted molar refractivity (Wildman–Crippen MR) is 89.9 cm³/mol. The van der Waals surface area contributed by atoms with E-state index in [1.54, 1.807) is 12.0 Å². The van der Waals surface area contributed by atoms with Gasteiger partial charge in [-0.05, 0) is 43.7 Å². The first-order chi connectivity index (χ1) is 11.5. The van der Waals surface area contributed by atoms with Gasteiger partial charge in [-0.3, -0.25) is 9.59 Å². The second-order valence-corrected chi connectivity index (χ2v) is 7.15. The van der Waals surface area contributed by atoms with Crippen molar-refractivity contribution in [1.82, 2.24) is 4.90 Å². The van der Waals surface area contributed by atoms with Crippen LogP contribution in [0.5, 0.6) is 0 Å². The summed E-state index contributed by atoms with van der Waals surface area (Å²) >= 11 is 0. The van der Waals surface area contributed by atoms with Crippen LogP contribution in [0.1, 0.15) is 43.7 Å². The maximum Gasteiger partial charge on any atom is 0.305 e. The summed E-state index contributed by atoms with van der Waals surface area (Å²) in [5.74, 6) is -0.829. The van der Waals surface area contributed by atoms with Gasteiger partial charge in [0.2, 0.25) is 5.91 Å². The number of aliphatic carboxylic acids is 1. The van der Waals surface area contributed by atoms with E-state index in [2.05, 4.69) is 6.07 Å². The maximum atomic E-state index is 13.4. The number of benzene rings is 1. The number of methoxy groups -OCH3 is 1. The van der Waals surface area contributed by atoms with Gasteiger partial charge in [-0.1, -0.05) is 24.3 Å². The molecule has 1 N–H and O–H groups in total. The maximum absolute atomic E-state index is 13.4. The number of carboxylic acid groups (broad SMARTS) is 1. The molecule has 5 heteroatoms. The normalized spacial score (nSPS) is 29.3. The number of hydrogen-bond donors (Lipinski definition) is 1. The van der Waals surface area contributed by atoms with Crippen molar-refractivity contribution in [3.63, 3.8) is 0 Å². The van der Waals surface area contributed by atoms with Crippen LogP contribution in [-0.4, -0.2) is 47.7 Å². The van der Waals surface area contributed by atoms with Gasteiger partial charge in [-0.25, -0.2) is 0 Å². The van der Waals surface area contributed by atoms with Gasteiger partial charge in [0.15, 0.2) is 0 Å². The molecule has 1 saturated heterocycles. The Morgan fingerprint density at radius 2 is 2.12 bits per heavy atom. The van der Waals surface area contributed by atoms with Gasteiger partial charge >= 0.3 is 5.97 Å². The van der Waals surface area contributed by atoms with Gasteiger partial charge < -0.3 is 14.7 Å². The molecular formula is C19H25NO4. The molecule has 2 aliphatic rings. The number of carbonyl (C=O) groups is 2. The van der Waals surface area contributed by atoms with E-state index < -0.39 is 11.4 Å². The smallest absolute Gasteiger partial charge is 0.305 e. The van der Waals surface area contributed by atoms with Gasteiger partial charge in [0.25, 0.3) is 0 Å². The van der Waals surface area contributed by atoms with Gasteiger partial charge in [0.05, 0.1) is 17.9 Å². The van der Waals surface area contributed by atoms with Crippen molar-refractivity contribution in [1.29, 1.82) is 0 Å². The molecule has 3 rings (SSSR count). The van der Waals surface area contributed by atoms with Crippen LogP contribution in [0, 0.1) is 0 Å². The Morgan fingerprint density at radius 1 is 1.38 bits per heavy atom. The summed E-state index contributed by atoms with van der Waals surface area (Å²) in [4.78, 5) is 26.4. The van der Waals surface area contributed by atoms with E-state index in [0.29, 0.717) is 13.0 Å². The number of fused-ring (bicyclic) bond motifs is 1. The highest BCUT2D eigenvalue weighted by Crippen LogP contribution is 2.40. The lowest BCUT2D eigenvalue weighted by atomic mass is 9.70. The first-order valence-corrected chi connectivity index (χ1v) is 8.59. The third kappa shape index (κ3) is 2.93. The van der Waals surface area contributed by atoms with Crippen molar-refractivity contribution in [3.8, 4) is 0 Å². The minimum atomic E-state index is -0.872. The topological polar surface area (TPSA) is 66.8 Å². The van der Waals surface area contributed by atoms with Crippen molar-refractivity contribution in [2.75, 3.05) is 13.7 Å². The summed E-state index contributed by atoms with van der Waals surface area (Å²) in [6.45, 7) is 2.48. The number of carboxylic acids is 1. The molecule has 0 saturated carbocycles. The summed E-state index contributed by atoms with van der Waals surface area (Å²) in [6, 6.07) is 7.84. The number of likely N-dealkylation sites (tertiary alicyclic amines) is 1. The fraction of sp³-hybridized carbons (Fsp3) is 0.579. The molecule has 1 aromatic rings. The van der Waals surface area contributed by atoms with Crippen molar-refractivity contribution >= 4 is 11.9 Å². The molecule has 3 unspecified atom stereocenters. The van der Waals surface area contributed by atoms with Crippen LogP contribution in [0.3, 0.4) is 0 Å². The SMILES string of the molecule is COC1CC(CC(=O)O)N(C(=O)C2(C)CCCc3ccccc32)C1. The molecule has 1 aromatic carbocycles. The van der Waals surface area contributed by atoms with E-state index in [1.807, 2.05) is 25.1 Å². The molecule has 1 fully saturated rings. The monoisotopic (exact) mass is 331 g/mol. The van der Waals surface area contributed by atoms with Crippen LogP contribution < -0.4 is 0 Å². The Morgan fingerprint density at radius 3 is 2.83 bits per heavy atom. The molecular weight excluding hydrogens is 306 g/mol. The van der Waals surface area contributed by atoms with Gasteiger partial charge in [0, 0.05) is 19.7 Å². The number of amides is 1. The summed E-state index contributed by atoms with van der Waals surface area (Å²) in [5.41, 5.74) is 1.75. The molecule has 24 heavy (non-hydrogen) atoms. The zero-order chi connectivity index (χ0) is 17.3. The third-order valence-electron chi connectivity index (χ3n) is 5.59. The first kappa shape index (κ1) is 17.0. The van der Waals surface area contributed by atoms with Crippen LogP contribution >= 0.6 is 0 Å². The van der Waals surface area contributed by atoms with Gasteiger partial charge in [-0.2, -0.15) is 0 Å². The molecule has 0 radical (unpaired) electrons. The van der Waals surface area contributed by atoms with Crippen molar-refractivity contribution in [2.24, 2.45) is 0 Å². The van der Waals surface area contributed by atoms with Crippen LogP contribution in [-0.2, 0) is 26.2 Å². The number of nitrogens with zero attached hydrogens (tertiary/aromatic N) is 1. The van der Waals surface area contributed by atoms with E-state index in [0.717, 1.165) is 24.8 Å². The zero-order valence-electron chi connectivity index (χ0n) is 14.3. The predicted octanol–water partition coefficient (Wildman–Crippen LogP) is 2.37. The third-order valence-corrected chi connectivity index (χ3v) is 5.59. The van der Waals surface area contributed by atoms with Crippen LogP contribution in [0.15, 0.2) is 24.3 Å². The lowest BCUT2D eigenvalue weighted by Gasteiger charge is -2.39. The zero-order valence-corrected chi connectivity index (χ0v) is 14.3. The second kappa shape index (κ2) is 6.55.